The highest BCUT2D eigenvalue weighted by atomic mass is 16.5. The zero-order valence-electron chi connectivity index (χ0n) is 26.9. The number of piperidine rings is 1. The minimum absolute atomic E-state index is 0.0284. The van der Waals surface area contributed by atoms with Gasteiger partial charge in [0.1, 0.15) is 5.75 Å². The number of aromatic amines is 1. The Labute approximate surface area is 276 Å². The summed E-state index contributed by atoms with van der Waals surface area (Å²) in [4.78, 5) is 34.0. The van der Waals surface area contributed by atoms with Gasteiger partial charge in [-0.3, -0.25) is 14.7 Å². The average Bonchev–Trinajstić information content (AvgIpc) is 3.83. The molecule has 9 heteroatoms. The second kappa shape index (κ2) is 14.4. The molecule has 1 unspecified atom stereocenters. The van der Waals surface area contributed by atoms with Gasteiger partial charge in [0, 0.05) is 81.8 Å². The predicted octanol–water partition coefficient (Wildman–Crippen LogP) is 4.91. The molecule has 2 amide bonds. The fourth-order valence-corrected chi connectivity index (χ4v) is 6.84. The number of nitrogens with one attached hydrogen (secondary N) is 2. The zero-order valence-corrected chi connectivity index (χ0v) is 26.9. The van der Waals surface area contributed by atoms with Gasteiger partial charge in [-0.2, -0.15) is 5.10 Å². The number of carbonyl (C=O) groups is 2. The molecular formula is C38H44N6O3. The molecule has 1 aliphatic carbocycles. The van der Waals surface area contributed by atoms with Crippen LogP contribution < -0.4 is 15.0 Å². The van der Waals surface area contributed by atoms with Crippen LogP contribution >= 0.6 is 0 Å². The lowest BCUT2D eigenvalue weighted by molar-refractivity contribution is -0.139. The molecule has 3 aromatic carbocycles. The van der Waals surface area contributed by atoms with Crippen LogP contribution in [0.5, 0.6) is 5.75 Å². The number of nitrogens with zero attached hydrogens (tertiary/aromatic N) is 4. The number of piperazine rings is 1. The van der Waals surface area contributed by atoms with Gasteiger partial charge in [-0.05, 0) is 54.5 Å². The molecule has 0 bridgehead atoms. The van der Waals surface area contributed by atoms with Crippen molar-refractivity contribution < 1.29 is 14.3 Å². The summed E-state index contributed by atoms with van der Waals surface area (Å²) in [5.41, 5.74) is 5.42. The Kier molecular flexibility index (Phi) is 9.51. The van der Waals surface area contributed by atoms with Crippen LogP contribution in [0.3, 0.4) is 0 Å². The molecular weight excluding hydrogens is 588 g/mol. The van der Waals surface area contributed by atoms with E-state index in [1.807, 2.05) is 65.8 Å². The van der Waals surface area contributed by atoms with Crippen LogP contribution in [0.2, 0.25) is 0 Å². The second-order valence-corrected chi connectivity index (χ2v) is 13.0. The van der Waals surface area contributed by atoms with Crippen molar-refractivity contribution in [2.45, 2.75) is 50.8 Å². The molecule has 47 heavy (non-hydrogen) atoms. The quantitative estimate of drug-likeness (QED) is 0.244. The largest absolute Gasteiger partial charge is 0.480 e. The van der Waals surface area contributed by atoms with Gasteiger partial charge in [0.15, 0.2) is 6.10 Å². The third-order valence-corrected chi connectivity index (χ3v) is 9.61. The van der Waals surface area contributed by atoms with Crippen LogP contribution in [0.1, 0.15) is 36.8 Å². The smallest absolute Gasteiger partial charge is 0.264 e. The highest BCUT2D eigenvalue weighted by Gasteiger charge is 2.37. The number of hydrogen-bond acceptors (Lipinski definition) is 6. The third-order valence-electron chi connectivity index (χ3n) is 9.61. The van der Waals surface area contributed by atoms with E-state index >= 15 is 0 Å². The first-order chi connectivity index (χ1) is 23.1. The number of H-pyrrole nitrogens is 1. The van der Waals surface area contributed by atoms with Crippen LogP contribution in [0, 0.1) is 5.92 Å². The maximum atomic E-state index is 14.0. The van der Waals surface area contributed by atoms with E-state index < -0.39 is 6.10 Å². The number of rotatable bonds is 11. The summed E-state index contributed by atoms with van der Waals surface area (Å²) < 4.78 is 6.50. The summed E-state index contributed by atoms with van der Waals surface area (Å²) in [5, 5.41) is 10.3. The van der Waals surface area contributed by atoms with E-state index in [1.165, 1.54) is 0 Å². The number of carbonyl (C=O) groups excluding carboxylic acids is 2. The molecule has 0 radical (unpaired) electrons. The van der Waals surface area contributed by atoms with Crippen LogP contribution in [-0.4, -0.2) is 83.2 Å². The first kappa shape index (κ1) is 31.0. The van der Waals surface area contributed by atoms with Crippen molar-refractivity contribution in [3.8, 4) is 16.9 Å². The number of hydrogen-bond donors (Lipinski definition) is 2. The third kappa shape index (κ3) is 7.68. The molecule has 4 aromatic rings. The van der Waals surface area contributed by atoms with Gasteiger partial charge in [0.25, 0.3) is 5.91 Å². The first-order valence-corrected chi connectivity index (χ1v) is 17.0. The summed E-state index contributed by atoms with van der Waals surface area (Å²) in [6.45, 7) is 5.17. The molecule has 2 N–H and O–H groups in total. The van der Waals surface area contributed by atoms with Crippen molar-refractivity contribution in [2.75, 3.05) is 44.2 Å². The molecule has 1 saturated carbocycles. The van der Waals surface area contributed by atoms with Crippen LogP contribution in [0.15, 0.2) is 91.3 Å². The first-order valence-electron chi connectivity index (χ1n) is 17.0. The van der Waals surface area contributed by atoms with Crippen molar-refractivity contribution in [2.24, 2.45) is 5.92 Å². The molecule has 7 rings (SSSR count). The van der Waals surface area contributed by atoms with E-state index in [9.17, 15) is 9.59 Å². The molecule has 3 heterocycles. The summed E-state index contributed by atoms with van der Waals surface area (Å²) in [5.74, 6) is 0.909. The summed E-state index contributed by atoms with van der Waals surface area (Å²) in [6.07, 6.45) is 7.62. The van der Waals surface area contributed by atoms with E-state index in [-0.39, 0.29) is 17.7 Å². The Hall–Kier alpha value is -4.63. The van der Waals surface area contributed by atoms with Gasteiger partial charge >= 0.3 is 0 Å². The molecule has 9 nitrogen and oxygen atoms in total. The number of ether oxygens (including phenoxy) is 1. The molecule has 2 saturated heterocycles. The lowest BCUT2D eigenvalue weighted by atomic mass is 9.95. The summed E-state index contributed by atoms with van der Waals surface area (Å²) in [6, 6.07) is 26.9. The monoisotopic (exact) mass is 632 g/mol. The standard InChI is InChI=1S/C38H44N6O3/c45-37(44(33-15-16-33)26-29-11-13-30(14-12-29)32-24-40-41-25-32)31-8-5-19-43(27-31)34-9-4-10-35(23-34)47-36(22-28-6-2-1-3-7-28)38(46)42-20-17-39-18-21-42/h1-4,6-7,9-14,23-25,31,33,36,39H,5,8,15-22,26-27H2,(H,40,41)/t31-,36?/m1/s1. The minimum Gasteiger partial charge on any atom is -0.480 e. The Morgan fingerprint density at radius 2 is 1.70 bits per heavy atom. The molecule has 1 aromatic heterocycles. The highest BCUT2D eigenvalue weighted by Crippen LogP contribution is 2.33. The van der Waals surface area contributed by atoms with Crippen LogP contribution in [-0.2, 0) is 22.6 Å². The van der Waals surface area contributed by atoms with Gasteiger partial charge < -0.3 is 24.8 Å². The van der Waals surface area contributed by atoms with E-state index in [0.29, 0.717) is 44.4 Å². The Morgan fingerprint density at radius 1 is 0.894 bits per heavy atom. The Balaban J connectivity index is 1.03. The van der Waals surface area contributed by atoms with Gasteiger partial charge in [-0.25, -0.2) is 0 Å². The average molecular weight is 633 g/mol. The number of aromatic nitrogens is 2. The van der Waals surface area contributed by atoms with E-state index in [2.05, 4.69) is 55.6 Å². The van der Waals surface area contributed by atoms with Crippen molar-refractivity contribution in [1.29, 1.82) is 0 Å². The van der Waals surface area contributed by atoms with Gasteiger partial charge in [-0.1, -0.05) is 60.7 Å². The van der Waals surface area contributed by atoms with Crippen molar-refractivity contribution in [3.63, 3.8) is 0 Å². The molecule has 0 spiro atoms. The van der Waals surface area contributed by atoms with Crippen LogP contribution in [0.4, 0.5) is 5.69 Å². The minimum atomic E-state index is -0.609. The Bertz CT molecular complexity index is 1620. The normalized spacial score (nSPS) is 18.9. The number of anilines is 1. The lowest BCUT2D eigenvalue weighted by Crippen LogP contribution is -2.51. The van der Waals surface area contributed by atoms with Gasteiger partial charge in [-0.15, -0.1) is 0 Å². The fraction of sp³-hybridized carbons (Fsp3) is 0.395. The zero-order chi connectivity index (χ0) is 32.0. The summed E-state index contributed by atoms with van der Waals surface area (Å²) >= 11 is 0. The summed E-state index contributed by atoms with van der Waals surface area (Å²) in [7, 11) is 0. The van der Waals surface area contributed by atoms with Crippen molar-refractivity contribution in [1.82, 2.24) is 25.3 Å². The van der Waals surface area contributed by atoms with Gasteiger partial charge in [0.2, 0.25) is 5.91 Å². The molecule has 3 aliphatic rings. The van der Waals surface area contributed by atoms with Gasteiger partial charge in [0.05, 0.1) is 12.1 Å². The van der Waals surface area contributed by atoms with E-state index in [1.54, 1.807) is 0 Å². The number of benzene rings is 3. The maximum absolute atomic E-state index is 14.0. The van der Waals surface area contributed by atoms with Crippen molar-refractivity contribution >= 4 is 17.5 Å². The van der Waals surface area contributed by atoms with Crippen molar-refractivity contribution in [3.05, 3.63) is 102 Å². The lowest BCUT2D eigenvalue weighted by Gasteiger charge is -2.36. The topological polar surface area (TPSA) is 93.8 Å². The Morgan fingerprint density at radius 3 is 2.45 bits per heavy atom. The van der Waals surface area contributed by atoms with Crippen LogP contribution in [0.25, 0.3) is 11.1 Å². The molecule has 244 valence electrons. The second-order valence-electron chi connectivity index (χ2n) is 13.0. The van der Waals surface area contributed by atoms with E-state index in [4.69, 9.17) is 4.74 Å². The molecule has 2 atom stereocenters. The fourth-order valence-electron chi connectivity index (χ4n) is 6.84. The van der Waals surface area contributed by atoms with E-state index in [0.717, 1.165) is 73.3 Å². The molecule has 2 aliphatic heterocycles. The number of amides is 2. The molecule has 3 fully saturated rings. The SMILES string of the molecule is O=C(C(Cc1ccccc1)Oc1cccc(N2CCC[C@@H](C(=O)N(Cc3ccc(-c4cn[nH]c4)cc3)C3CC3)C2)c1)N1CCNCC1. The maximum Gasteiger partial charge on any atom is 0.264 e. The highest BCUT2D eigenvalue weighted by molar-refractivity contribution is 5.82. The predicted molar refractivity (Wildman–Crippen MR) is 183 cm³/mol.